The average molecular weight is 398 g/mol. The first-order valence-corrected chi connectivity index (χ1v) is 8.33. The normalized spacial score (nSPS) is 10.3. The van der Waals surface area contributed by atoms with Gasteiger partial charge in [0, 0.05) is 9.50 Å². The predicted molar refractivity (Wildman–Crippen MR) is 97.6 cm³/mol. The molecule has 0 aliphatic rings. The molecular weight excluding hydrogens is 380 g/mol. The second kappa shape index (κ2) is 8.22. The minimum absolute atomic E-state index is 0.273. The number of hydrogen-bond donors (Lipinski definition) is 2. The number of carbonyl (C=O) groups excluding carboxylic acids is 1. The fourth-order valence-electron chi connectivity index (χ4n) is 1.93. The van der Waals surface area contributed by atoms with E-state index in [0.29, 0.717) is 18.2 Å². The lowest BCUT2D eigenvalue weighted by Gasteiger charge is -2.11. The van der Waals surface area contributed by atoms with Crippen LogP contribution in [0.1, 0.15) is 11.1 Å². The highest BCUT2D eigenvalue weighted by atomic mass is 79.9. The summed E-state index contributed by atoms with van der Waals surface area (Å²) in [6.45, 7) is 4.69. The molecule has 2 rings (SSSR count). The van der Waals surface area contributed by atoms with Gasteiger partial charge >= 0.3 is 6.03 Å². The number of anilines is 1. The third-order valence-corrected chi connectivity index (χ3v) is 4.24. The van der Waals surface area contributed by atoms with Gasteiger partial charge in [0.1, 0.15) is 12.4 Å². The van der Waals surface area contributed by atoms with Crippen molar-refractivity contribution in [3.8, 4) is 5.75 Å². The smallest absolute Gasteiger partial charge is 0.319 e. The molecule has 2 aromatic rings. The zero-order chi connectivity index (χ0) is 16.8. The highest BCUT2D eigenvalue weighted by molar-refractivity contribution is 9.10. The molecule has 2 N–H and O–H groups in total. The van der Waals surface area contributed by atoms with Crippen LogP contribution in [0.15, 0.2) is 40.9 Å². The summed E-state index contributed by atoms with van der Waals surface area (Å²) in [5.41, 5.74) is 2.80. The van der Waals surface area contributed by atoms with Crippen LogP contribution in [0.4, 0.5) is 10.5 Å². The molecule has 0 saturated carbocycles. The maximum atomic E-state index is 11.8. The van der Waals surface area contributed by atoms with Crippen molar-refractivity contribution in [3.63, 3.8) is 0 Å². The molecule has 2 amide bonds. The first-order chi connectivity index (χ1) is 11.0. The van der Waals surface area contributed by atoms with Crippen LogP contribution in [0.3, 0.4) is 0 Å². The summed E-state index contributed by atoms with van der Waals surface area (Å²) in [6.07, 6.45) is 0. The number of hydrogen-bond acceptors (Lipinski definition) is 2. The van der Waals surface area contributed by atoms with Crippen LogP contribution < -0.4 is 15.4 Å². The van der Waals surface area contributed by atoms with Crippen LogP contribution in [-0.2, 0) is 0 Å². The molecule has 0 fully saturated rings. The second-order valence-electron chi connectivity index (χ2n) is 5.12. The van der Waals surface area contributed by atoms with Crippen molar-refractivity contribution in [3.05, 3.63) is 57.0 Å². The molecular formula is C17H18BrClN2O2. The van der Waals surface area contributed by atoms with Crippen molar-refractivity contribution in [1.82, 2.24) is 5.32 Å². The topological polar surface area (TPSA) is 50.4 Å². The van der Waals surface area contributed by atoms with E-state index in [1.807, 2.05) is 38.1 Å². The molecule has 23 heavy (non-hydrogen) atoms. The molecule has 0 aliphatic heterocycles. The molecule has 0 aliphatic carbocycles. The highest BCUT2D eigenvalue weighted by Gasteiger charge is 2.05. The van der Waals surface area contributed by atoms with E-state index in [0.717, 1.165) is 27.0 Å². The van der Waals surface area contributed by atoms with Crippen LogP contribution in [-0.4, -0.2) is 19.2 Å². The molecule has 0 radical (unpaired) electrons. The van der Waals surface area contributed by atoms with E-state index in [9.17, 15) is 4.79 Å². The lowest BCUT2D eigenvalue weighted by molar-refractivity contribution is 0.247. The number of carbonyl (C=O) groups is 1. The number of amides is 2. The fourth-order valence-corrected chi connectivity index (χ4v) is 2.64. The summed E-state index contributed by atoms with van der Waals surface area (Å²) in [5.74, 6) is 0.732. The largest absolute Gasteiger partial charge is 0.492 e. The van der Waals surface area contributed by atoms with Gasteiger partial charge in [0.2, 0.25) is 0 Å². The summed E-state index contributed by atoms with van der Waals surface area (Å²) in [4.78, 5) is 11.8. The quantitative estimate of drug-likeness (QED) is 0.704. The predicted octanol–water partition coefficient (Wildman–Crippen LogP) is 4.92. The van der Waals surface area contributed by atoms with E-state index < -0.39 is 0 Å². The maximum absolute atomic E-state index is 11.8. The van der Waals surface area contributed by atoms with Gasteiger partial charge in [0.25, 0.3) is 0 Å². The molecule has 2 aromatic carbocycles. The number of rotatable bonds is 5. The van der Waals surface area contributed by atoms with Gasteiger partial charge in [-0.2, -0.15) is 0 Å². The molecule has 0 aromatic heterocycles. The number of benzene rings is 2. The molecule has 0 heterocycles. The minimum Gasteiger partial charge on any atom is -0.492 e. The van der Waals surface area contributed by atoms with E-state index in [4.69, 9.17) is 16.3 Å². The van der Waals surface area contributed by atoms with Gasteiger partial charge in [-0.15, -0.1) is 0 Å². The van der Waals surface area contributed by atoms with Gasteiger partial charge in [-0.1, -0.05) is 17.7 Å². The molecule has 0 saturated heterocycles. The van der Waals surface area contributed by atoms with E-state index in [1.165, 1.54) is 0 Å². The fraction of sp³-hybridized carbons (Fsp3) is 0.235. The van der Waals surface area contributed by atoms with Crippen LogP contribution in [0, 0.1) is 13.8 Å². The lowest BCUT2D eigenvalue weighted by atomic mass is 10.2. The van der Waals surface area contributed by atoms with Gasteiger partial charge in [-0.3, -0.25) is 0 Å². The van der Waals surface area contributed by atoms with Crippen molar-refractivity contribution < 1.29 is 9.53 Å². The Labute approximate surface area is 149 Å². The molecule has 0 bridgehead atoms. The average Bonchev–Trinajstić information content (AvgIpc) is 2.50. The lowest BCUT2D eigenvalue weighted by Crippen LogP contribution is -2.32. The number of halogens is 2. The van der Waals surface area contributed by atoms with E-state index >= 15 is 0 Å². The Hall–Kier alpha value is -1.72. The van der Waals surface area contributed by atoms with Crippen LogP contribution in [0.5, 0.6) is 5.75 Å². The standard InChI is InChI=1S/C17H18BrClN2O2/c1-11-3-6-16(14(18)9-11)21-17(22)20-7-8-23-13-4-5-15(19)12(2)10-13/h3-6,9-10H,7-8H2,1-2H3,(H2,20,21,22). The van der Waals surface area contributed by atoms with Crippen LogP contribution in [0.25, 0.3) is 0 Å². The van der Waals surface area contributed by atoms with Gasteiger partial charge in [0.15, 0.2) is 0 Å². The number of ether oxygens (including phenoxy) is 1. The third kappa shape index (κ3) is 5.44. The molecule has 0 spiro atoms. The molecule has 6 heteroatoms. The van der Waals surface area contributed by atoms with Gasteiger partial charge in [-0.05, 0) is 71.2 Å². The first-order valence-electron chi connectivity index (χ1n) is 7.15. The highest BCUT2D eigenvalue weighted by Crippen LogP contribution is 2.23. The minimum atomic E-state index is -0.273. The number of urea groups is 1. The maximum Gasteiger partial charge on any atom is 0.319 e. The Bertz CT molecular complexity index is 707. The van der Waals surface area contributed by atoms with Gasteiger partial charge < -0.3 is 15.4 Å². The van der Waals surface area contributed by atoms with Crippen molar-refractivity contribution in [2.45, 2.75) is 13.8 Å². The summed E-state index contributed by atoms with van der Waals surface area (Å²) in [7, 11) is 0. The van der Waals surface area contributed by atoms with Crippen molar-refractivity contribution in [1.29, 1.82) is 0 Å². The monoisotopic (exact) mass is 396 g/mol. The van der Waals surface area contributed by atoms with Gasteiger partial charge in [0.05, 0.1) is 12.2 Å². The third-order valence-electron chi connectivity index (χ3n) is 3.16. The summed E-state index contributed by atoms with van der Waals surface area (Å²) in [5, 5.41) is 6.24. The Balaban J connectivity index is 1.75. The van der Waals surface area contributed by atoms with Crippen molar-refractivity contribution in [2.24, 2.45) is 0 Å². The molecule has 0 atom stereocenters. The van der Waals surface area contributed by atoms with E-state index in [1.54, 1.807) is 12.1 Å². The summed E-state index contributed by atoms with van der Waals surface area (Å²) < 4.78 is 6.42. The summed E-state index contributed by atoms with van der Waals surface area (Å²) in [6, 6.07) is 10.9. The Morgan fingerprint density at radius 3 is 2.70 bits per heavy atom. The first kappa shape index (κ1) is 17.6. The van der Waals surface area contributed by atoms with Crippen molar-refractivity contribution >= 4 is 39.2 Å². The second-order valence-corrected chi connectivity index (χ2v) is 6.39. The zero-order valence-corrected chi connectivity index (χ0v) is 15.3. The number of nitrogens with one attached hydrogen (secondary N) is 2. The molecule has 122 valence electrons. The Kier molecular flexibility index (Phi) is 6.30. The Morgan fingerprint density at radius 1 is 1.22 bits per heavy atom. The van der Waals surface area contributed by atoms with Crippen LogP contribution in [0.2, 0.25) is 5.02 Å². The SMILES string of the molecule is Cc1ccc(NC(=O)NCCOc2ccc(Cl)c(C)c2)c(Br)c1. The van der Waals surface area contributed by atoms with E-state index in [-0.39, 0.29) is 6.03 Å². The zero-order valence-electron chi connectivity index (χ0n) is 13.0. The molecule has 4 nitrogen and oxygen atoms in total. The Morgan fingerprint density at radius 2 is 2.00 bits per heavy atom. The molecule has 0 unspecified atom stereocenters. The van der Waals surface area contributed by atoms with Crippen LogP contribution >= 0.6 is 27.5 Å². The van der Waals surface area contributed by atoms with Gasteiger partial charge in [-0.25, -0.2) is 4.79 Å². The number of aryl methyl sites for hydroxylation is 2. The van der Waals surface area contributed by atoms with Crippen molar-refractivity contribution in [2.75, 3.05) is 18.5 Å². The summed E-state index contributed by atoms with van der Waals surface area (Å²) >= 11 is 9.38. The van der Waals surface area contributed by atoms with E-state index in [2.05, 4.69) is 26.6 Å².